The maximum Gasteiger partial charge on any atom is 0.156 e. The number of hydrogen-bond acceptors (Lipinski definition) is 4. The molecular formula is C4H10N4. The molecule has 0 saturated heterocycles. The van der Waals surface area contributed by atoms with Gasteiger partial charge in [0.15, 0.2) is 5.79 Å². The van der Waals surface area contributed by atoms with E-state index in [2.05, 4.69) is 10.9 Å². The van der Waals surface area contributed by atoms with Crippen molar-refractivity contribution in [2.45, 2.75) is 12.7 Å². The van der Waals surface area contributed by atoms with Crippen LogP contribution in [-0.2, 0) is 0 Å². The summed E-state index contributed by atoms with van der Waals surface area (Å²) in [6.45, 7) is 1.88. The molecule has 0 bridgehead atoms. The number of nitrogens with one attached hydrogen (secondary N) is 2. The van der Waals surface area contributed by atoms with Crippen molar-refractivity contribution < 1.29 is 0 Å². The second-order valence-corrected chi connectivity index (χ2v) is 2.01. The van der Waals surface area contributed by atoms with Crippen LogP contribution in [0.2, 0.25) is 0 Å². The summed E-state index contributed by atoms with van der Waals surface area (Å²) in [5, 5.41) is 0. The first-order valence-corrected chi connectivity index (χ1v) is 2.40. The van der Waals surface area contributed by atoms with E-state index in [1.165, 1.54) is 0 Å². The highest BCUT2D eigenvalue weighted by atomic mass is 15.5. The van der Waals surface area contributed by atoms with Crippen LogP contribution in [0.4, 0.5) is 0 Å². The molecule has 4 heteroatoms. The zero-order valence-electron chi connectivity index (χ0n) is 4.73. The lowest BCUT2D eigenvalue weighted by molar-refractivity contribution is 0.427. The molecule has 0 aromatic heterocycles. The van der Waals surface area contributed by atoms with Gasteiger partial charge in [-0.2, -0.15) is 0 Å². The number of hydrazine groups is 1. The quantitative estimate of drug-likeness (QED) is 0.291. The van der Waals surface area contributed by atoms with Crippen LogP contribution in [-0.4, -0.2) is 5.79 Å². The lowest BCUT2D eigenvalue weighted by atomic mass is 10.3. The Bertz CT molecular complexity index is 126. The van der Waals surface area contributed by atoms with E-state index >= 15 is 0 Å². The molecule has 0 aliphatic carbocycles. The maximum absolute atomic E-state index is 5.40. The van der Waals surface area contributed by atoms with Crippen LogP contribution in [0.5, 0.6) is 0 Å². The smallest absolute Gasteiger partial charge is 0.156 e. The Kier molecular flexibility index (Phi) is 1.00. The van der Waals surface area contributed by atoms with E-state index in [1.807, 2.05) is 6.92 Å². The van der Waals surface area contributed by atoms with Gasteiger partial charge in [0, 0.05) is 5.70 Å². The van der Waals surface area contributed by atoms with Crippen LogP contribution in [0.25, 0.3) is 0 Å². The van der Waals surface area contributed by atoms with Gasteiger partial charge < -0.3 is 5.43 Å². The molecular weight excluding hydrogens is 104 g/mol. The summed E-state index contributed by atoms with van der Waals surface area (Å²) in [5.74, 6) is -0.857. The van der Waals surface area contributed by atoms with Crippen LogP contribution >= 0.6 is 0 Å². The normalized spacial score (nSPS) is 24.6. The number of hydrogen-bond donors (Lipinski definition) is 4. The molecule has 8 heavy (non-hydrogen) atoms. The van der Waals surface area contributed by atoms with Gasteiger partial charge >= 0.3 is 0 Å². The van der Waals surface area contributed by atoms with Crippen molar-refractivity contribution >= 4 is 0 Å². The summed E-state index contributed by atoms with van der Waals surface area (Å²) in [6, 6.07) is 0. The average molecular weight is 114 g/mol. The predicted octanol–water partition coefficient (Wildman–Crippen LogP) is -1.43. The molecule has 0 saturated carbocycles. The van der Waals surface area contributed by atoms with Crippen LogP contribution in [0.3, 0.4) is 0 Å². The first-order valence-electron chi connectivity index (χ1n) is 2.40. The van der Waals surface area contributed by atoms with Crippen LogP contribution < -0.4 is 22.3 Å². The molecule has 0 aromatic rings. The Morgan fingerprint density at radius 3 is 2.38 bits per heavy atom. The van der Waals surface area contributed by atoms with Gasteiger partial charge in [-0.1, -0.05) is 0 Å². The fraction of sp³-hybridized carbons (Fsp3) is 0.500. The minimum absolute atomic E-state index is 0.857. The zero-order chi connectivity index (χ0) is 6.20. The molecule has 1 heterocycles. The van der Waals surface area contributed by atoms with E-state index in [1.54, 1.807) is 6.08 Å². The lowest BCUT2D eigenvalue weighted by Crippen LogP contribution is -2.59. The van der Waals surface area contributed by atoms with Crippen LogP contribution in [0.1, 0.15) is 6.92 Å². The summed E-state index contributed by atoms with van der Waals surface area (Å²) in [5.41, 5.74) is 17.2. The van der Waals surface area contributed by atoms with Crippen LogP contribution in [0.15, 0.2) is 11.8 Å². The molecule has 6 N–H and O–H groups in total. The largest absolute Gasteiger partial charge is 0.323 e. The Morgan fingerprint density at radius 2 is 2.25 bits per heavy atom. The summed E-state index contributed by atoms with van der Waals surface area (Å²) in [6.07, 6.45) is 1.72. The molecule has 0 unspecified atom stereocenters. The predicted molar refractivity (Wildman–Crippen MR) is 31.1 cm³/mol. The Balaban J connectivity index is 2.67. The molecule has 46 valence electrons. The molecule has 0 fully saturated rings. The Morgan fingerprint density at radius 1 is 1.62 bits per heavy atom. The van der Waals surface area contributed by atoms with E-state index in [0.29, 0.717) is 0 Å². The van der Waals surface area contributed by atoms with Gasteiger partial charge in [0.05, 0.1) is 0 Å². The summed E-state index contributed by atoms with van der Waals surface area (Å²) in [4.78, 5) is 0. The van der Waals surface area contributed by atoms with Gasteiger partial charge in [-0.25, -0.2) is 5.43 Å². The monoisotopic (exact) mass is 114 g/mol. The first kappa shape index (κ1) is 5.55. The Hall–Kier alpha value is -0.580. The third kappa shape index (κ3) is 0.975. The molecule has 1 aliphatic rings. The van der Waals surface area contributed by atoms with Gasteiger partial charge in [-0.15, -0.1) is 0 Å². The van der Waals surface area contributed by atoms with E-state index in [4.69, 9.17) is 11.5 Å². The average Bonchev–Trinajstić information content (AvgIpc) is 1.82. The van der Waals surface area contributed by atoms with Crippen molar-refractivity contribution in [2.24, 2.45) is 11.5 Å². The highest BCUT2D eigenvalue weighted by Gasteiger charge is 2.19. The van der Waals surface area contributed by atoms with Gasteiger partial charge in [0.2, 0.25) is 0 Å². The zero-order valence-corrected chi connectivity index (χ0v) is 4.73. The molecule has 4 nitrogen and oxygen atoms in total. The molecule has 0 aromatic carbocycles. The third-order valence-corrected chi connectivity index (χ3v) is 0.932. The Labute approximate surface area is 47.9 Å². The number of allylic oxidation sites excluding steroid dienone is 1. The molecule has 1 aliphatic heterocycles. The van der Waals surface area contributed by atoms with E-state index in [0.717, 1.165) is 5.70 Å². The molecule has 0 spiro atoms. The maximum atomic E-state index is 5.40. The van der Waals surface area contributed by atoms with E-state index < -0.39 is 5.79 Å². The topological polar surface area (TPSA) is 76.1 Å². The number of rotatable bonds is 0. The molecule has 0 atom stereocenters. The molecule has 0 amide bonds. The lowest BCUT2D eigenvalue weighted by Gasteiger charge is -2.13. The van der Waals surface area contributed by atoms with Gasteiger partial charge in [0.1, 0.15) is 0 Å². The minimum atomic E-state index is -0.857. The van der Waals surface area contributed by atoms with Crippen molar-refractivity contribution in [3.63, 3.8) is 0 Å². The van der Waals surface area contributed by atoms with E-state index in [9.17, 15) is 0 Å². The fourth-order valence-electron chi connectivity index (χ4n) is 0.637. The second kappa shape index (κ2) is 1.45. The third-order valence-electron chi connectivity index (χ3n) is 0.932. The first-order chi connectivity index (χ1) is 3.60. The summed E-state index contributed by atoms with van der Waals surface area (Å²) in [7, 11) is 0. The van der Waals surface area contributed by atoms with Crippen LogP contribution in [0, 0.1) is 0 Å². The van der Waals surface area contributed by atoms with Crippen molar-refractivity contribution in [1.29, 1.82) is 0 Å². The molecule has 1 rings (SSSR count). The number of nitrogens with two attached hydrogens (primary N) is 2. The van der Waals surface area contributed by atoms with Crippen molar-refractivity contribution in [3.8, 4) is 0 Å². The van der Waals surface area contributed by atoms with Gasteiger partial charge in [-0.05, 0) is 13.0 Å². The van der Waals surface area contributed by atoms with E-state index in [-0.39, 0.29) is 0 Å². The second-order valence-electron chi connectivity index (χ2n) is 2.01. The van der Waals surface area contributed by atoms with Crippen molar-refractivity contribution in [1.82, 2.24) is 10.9 Å². The van der Waals surface area contributed by atoms with Crippen molar-refractivity contribution in [2.75, 3.05) is 0 Å². The van der Waals surface area contributed by atoms with Crippen molar-refractivity contribution in [3.05, 3.63) is 11.8 Å². The summed E-state index contributed by atoms with van der Waals surface area (Å²) < 4.78 is 0. The fourth-order valence-corrected chi connectivity index (χ4v) is 0.637. The van der Waals surface area contributed by atoms with Gasteiger partial charge in [0.25, 0.3) is 0 Å². The SMILES string of the molecule is CC1=CC(N)(N)NN1. The van der Waals surface area contributed by atoms with Gasteiger partial charge in [-0.3, -0.25) is 11.5 Å². The summed E-state index contributed by atoms with van der Waals surface area (Å²) >= 11 is 0. The highest BCUT2D eigenvalue weighted by Crippen LogP contribution is 1.98. The minimum Gasteiger partial charge on any atom is -0.323 e. The highest BCUT2D eigenvalue weighted by molar-refractivity contribution is 5.11. The molecule has 0 radical (unpaired) electrons. The standard InChI is InChI=1S/C4H10N4/c1-3-2-4(5,6)8-7-3/h2,7-8H,5-6H2,1H3.